The van der Waals surface area contributed by atoms with Gasteiger partial charge in [0.2, 0.25) is 17.7 Å². The molecule has 10 heteroatoms. The highest BCUT2D eigenvalue weighted by atomic mass is 32.1. The van der Waals surface area contributed by atoms with Gasteiger partial charge in [0, 0.05) is 37.3 Å². The van der Waals surface area contributed by atoms with Gasteiger partial charge in [-0.3, -0.25) is 9.59 Å². The molecule has 1 fully saturated rings. The van der Waals surface area contributed by atoms with Crippen LogP contribution in [-0.4, -0.2) is 56.2 Å². The fourth-order valence-electron chi connectivity index (χ4n) is 4.29. The zero-order valence-corrected chi connectivity index (χ0v) is 19.0. The van der Waals surface area contributed by atoms with Gasteiger partial charge in [0.05, 0.1) is 12.5 Å². The second-order valence-electron chi connectivity index (χ2n) is 7.70. The first kappa shape index (κ1) is 21.2. The molecule has 1 N–H and O–H groups in total. The number of carbonyl (C=O) groups is 2. The highest BCUT2D eigenvalue weighted by Gasteiger charge is 2.34. The van der Waals surface area contributed by atoms with E-state index in [1.165, 1.54) is 11.3 Å². The van der Waals surface area contributed by atoms with Gasteiger partial charge < -0.3 is 15.0 Å². The molecule has 164 valence electrons. The quantitative estimate of drug-likeness (QED) is 0.630. The fourth-order valence-corrected chi connectivity index (χ4v) is 4.83. The van der Waals surface area contributed by atoms with Crippen molar-refractivity contribution in [2.75, 3.05) is 19.0 Å². The monoisotopic (exact) mass is 442 g/mol. The Hall–Kier alpha value is -3.01. The van der Waals surface area contributed by atoms with Gasteiger partial charge in [-0.15, -0.1) is 16.4 Å². The Morgan fingerprint density at radius 1 is 1.35 bits per heavy atom. The molecule has 4 rings (SSSR count). The number of hydrogen-bond donors (Lipinski definition) is 1. The van der Waals surface area contributed by atoms with Gasteiger partial charge in [-0.25, -0.2) is 14.6 Å². The molecule has 0 aliphatic carbocycles. The van der Waals surface area contributed by atoms with Crippen molar-refractivity contribution in [3.63, 3.8) is 0 Å². The number of amides is 2. The lowest BCUT2D eigenvalue weighted by Gasteiger charge is -2.24. The Kier molecular flexibility index (Phi) is 5.90. The van der Waals surface area contributed by atoms with Crippen molar-refractivity contribution in [1.29, 1.82) is 0 Å². The van der Waals surface area contributed by atoms with Crippen LogP contribution in [0.3, 0.4) is 0 Å². The van der Waals surface area contributed by atoms with E-state index in [2.05, 4.69) is 15.4 Å². The van der Waals surface area contributed by atoms with Crippen molar-refractivity contribution in [1.82, 2.24) is 24.6 Å². The van der Waals surface area contributed by atoms with Crippen LogP contribution in [0.15, 0.2) is 11.6 Å². The van der Waals surface area contributed by atoms with Gasteiger partial charge in [0.1, 0.15) is 6.04 Å². The molecule has 3 aromatic heterocycles. The Balaban J connectivity index is 1.49. The van der Waals surface area contributed by atoms with E-state index < -0.39 is 6.04 Å². The summed E-state index contributed by atoms with van der Waals surface area (Å²) < 4.78 is 7.13. The molecular weight excluding hydrogens is 416 g/mol. The van der Waals surface area contributed by atoms with E-state index in [-0.39, 0.29) is 11.8 Å². The molecule has 31 heavy (non-hydrogen) atoms. The standard InChI is InChI=1S/C21H26N6O3S/c1-12-14(13(2)23-18-17(12)20(30-4)25-26(18)3)7-8-16(28)27-10-5-6-15(27)19(29)24-21-22-9-11-31-21/h9,11,15H,5-8,10H2,1-4H3,(H,22,24,29). The minimum absolute atomic E-state index is 0.0196. The van der Waals surface area contributed by atoms with Gasteiger partial charge in [0.15, 0.2) is 10.8 Å². The Morgan fingerprint density at radius 3 is 2.87 bits per heavy atom. The van der Waals surface area contributed by atoms with Crippen molar-refractivity contribution < 1.29 is 14.3 Å². The number of ether oxygens (including phenoxy) is 1. The van der Waals surface area contributed by atoms with Crippen LogP contribution < -0.4 is 10.1 Å². The first-order valence-electron chi connectivity index (χ1n) is 10.3. The summed E-state index contributed by atoms with van der Waals surface area (Å²) in [4.78, 5) is 36.2. The number of pyridine rings is 1. The molecule has 1 saturated heterocycles. The predicted molar refractivity (Wildman–Crippen MR) is 118 cm³/mol. The van der Waals surface area contributed by atoms with Crippen molar-refractivity contribution in [3.8, 4) is 5.88 Å². The number of likely N-dealkylation sites (tertiary alicyclic amines) is 1. The number of methoxy groups -OCH3 is 1. The molecule has 0 aromatic carbocycles. The molecule has 0 bridgehead atoms. The van der Waals surface area contributed by atoms with Gasteiger partial charge in [-0.1, -0.05) is 0 Å². The number of rotatable bonds is 6. The number of carbonyl (C=O) groups excluding carboxylic acids is 2. The van der Waals surface area contributed by atoms with E-state index in [0.29, 0.717) is 36.8 Å². The molecule has 9 nitrogen and oxygen atoms in total. The van der Waals surface area contributed by atoms with Gasteiger partial charge in [-0.05, 0) is 44.2 Å². The second-order valence-corrected chi connectivity index (χ2v) is 8.60. The van der Waals surface area contributed by atoms with Crippen LogP contribution >= 0.6 is 11.3 Å². The maximum Gasteiger partial charge on any atom is 0.248 e. The van der Waals surface area contributed by atoms with E-state index in [1.807, 2.05) is 20.9 Å². The number of hydrogen-bond acceptors (Lipinski definition) is 7. The molecular formula is C21H26N6O3S. The van der Waals surface area contributed by atoms with Crippen LogP contribution in [0.4, 0.5) is 5.13 Å². The van der Waals surface area contributed by atoms with Crippen molar-refractivity contribution in [3.05, 3.63) is 28.4 Å². The molecule has 4 heterocycles. The van der Waals surface area contributed by atoms with Crippen LogP contribution in [0.2, 0.25) is 0 Å². The summed E-state index contributed by atoms with van der Waals surface area (Å²) in [5, 5.41) is 10.4. The fraction of sp³-hybridized carbons (Fsp3) is 0.476. The Morgan fingerprint density at radius 2 is 2.16 bits per heavy atom. The maximum absolute atomic E-state index is 13.0. The number of aromatic nitrogens is 4. The van der Waals surface area contributed by atoms with E-state index >= 15 is 0 Å². The first-order chi connectivity index (χ1) is 14.9. The number of nitrogens with zero attached hydrogens (tertiary/aromatic N) is 5. The average Bonchev–Trinajstić information content (AvgIpc) is 3.48. The number of nitrogens with one attached hydrogen (secondary N) is 1. The van der Waals surface area contributed by atoms with Crippen LogP contribution in [0.25, 0.3) is 11.0 Å². The highest BCUT2D eigenvalue weighted by molar-refractivity contribution is 7.13. The Bertz CT molecular complexity index is 1120. The normalized spacial score (nSPS) is 16.1. The SMILES string of the molecule is COc1nn(C)c2nc(C)c(CCC(=O)N3CCCC3C(=O)Nc3nccs3)c(C)c12. The molecule has 0 spiro atoms. The number of aryl methyl sites for hydroxylation is 3. The maximum atomic E-state index is 13.0. The van der Waals surface area contributed by atoms with E-state index in [4.69, 9.17) is 9.72 Å². The lowest BCUT2D eigenvalue weighted by atomic mass is 10.00. The second kappa shape index (κ2) is 8.62. The van der Waals surface area contributed by atoms with Gasteiger partial charge >= 0.3 is 0 Å². The summed E-state index contributed by atoms with van der Waals surface area (Å²) in [7, 11) is 3.43. The summed E-state index contributed by atoms with van der Waals surface area (Å²) in [5.41, 5.74) is 3.69. The highest BCUT2D eigenvalue weighted by Crippen LogP contribution is 2.31. The molecule has 0 radical (unpaired) electrons. The number of fused-ring (bicyclic) bond motifs is 1. The summed E-state index contributed by atoms with van der Waals surface area (Å²) in [6.07, 6.45) is 4.00. The Labute approximate surface area is 184 Å². The third-order valence-electron chi connectivity index (χ3n) is 5.84. The molecule has 2 amide bonds. The van der Waals surface area contributed by atoms with Gasteiger partial charge in [-0.2, -0.15) is 0 Å². The van der Waals surface area contributed by atoms with Crippen LogP contribution in [0.5, 0.6) is 5.88 Å². The third-order valence-corrected chi connectivity index (χ3v) is 6.53. The molecule has 1 aliphatic rings. The van der Waals surface area contributed by atoms with E-state index in [1.54, 1.807) is 28.3 Å². The summed E-state index contributed by atoms with van der Waals surface area (Å²) in [5.74, 6) is 0.346. The third kappa shape index (κ3) is 3.99. The average molecular weight is 443 g/mol. The summed E-state index contributed by atoms with van der Waals surface area (Å²) >= 11 is 1.37. The lowest BCUT2D eigenvalue weighted by Crippen LogP contribution is -2.43. The zero-order chi connectivity index (χ0) is 22.1. The van der Waals surface area contributed by atoms with E-state index in [0.717, 1.165) is 34.3 Å². The number of anilines is 1. The first-order valence-corrected chi connectivity index (χ1v) is 11.1. The van der Waals surface area contributed by atoms with Crippen molar-refractivity contribution in [2.45, 2.75) is 45.6 Å². The molecule has 0 saturated carbocycles. The molecule has 1 unspecified atom stereocenters. The molecule has 3 aromatic rings. The van der Waals surface area contributed by atoms with Crippen molar-refractivity contribution in [2.24, 2.45) is 7.05 Å². The van der Waals surface area contributed by atoms with Crippen LogP contribution in [0, 0.1) is 13.8 Å². The molecule has 1 aliphatic heterocycles. The zero-order valence-electron chi connectivity index (χ0n) is 18.1. The summed E-state index contributed by atoms with van der Waals surface area (Å²) in [6, 6.07) is -0.447. The minimum atomic E-state index is -0.447. The summed E-state index contributed by atoms with van der Waals surface area (Å²) in [6.45, 7) is 4.56. The van der Waals surface area contributed by atoms with Gasteiger partial charge in [0.25, 0.3) is 0 Å². The lowest BCUT2D eigenvalue weighted by molar-refractivity contribution is -0.136. The van der Waals surface area contributed by atoms with Crippen LogP contribution in [0.1, 0.15) is 36.1 Å². The minimum Gasteiger partial charge on any atom is -0.479 e. The molecule has 1 atom stereocenters. The largest absolute Gasteiger partial charge is 0.479 e. The van der Waals surface area contributed by atoms with Crippen LogP contribution in [-0.2, 0) is 23.1 Å². The topological polar surface area (TPSA) is 102 Å². The number of thiazole rings is 1. The smallest absolute Gasteiger partial charge is 0.248 e. The van der Waals surface area contributed by atoms with Crippen molar-refractivity contribution >= 4 is 39.3 Å². The predicted octanol–water partition coefficient (Wildman–Crippen LogP) is 2.61. The van der Waals surface area contributed by atoms with E-state index in [9.17, 15) is 9.59 Å².